The summed E-state index contributed by atoms with van der Waals surface area (Å²) in [6.07, 6.45) is 1.04. The molecular weight excluding hydrogens is 240 g/mol. The van der Waals surface area contributed by atoms with Gasteiger partial charge < -0.3 is 10.3 Å². The van der Waals surface area contributed by atoms with E-state index < -0.39 is 0 Å². The molecule has 1 heterocycles. The highest BCUT2D eigenvalue weighted by Crippen LogP contribution is 2.28. The Labute approximate surface area is 91.8 Å². The maximum atomic E-state index is 5.83. The van der Waals surface area contributed by atoms with Crippen LogP contribution in [-0.2, 0) is 13.5 Å². The Balaban J connectivity index is 2.80. The first-order chi connectivity index (χ1) is 6.63. The fraction of sp³-hybridized carbons (Fsp3) is 0.273. The molecule has 3 heteroatoms. The Morgan fingerprint density at radius 1 is 1.36 bits per heavy atom. The quantitative estimate of drug-likeness (QED) is 0.778. The van der Waals surface area contributed by atoms with Crippen molar-refractivity contribution in [1.29, 1.82) is 0 Å². The van der Waals surface area contributed by atoms with Crippen molar-refractivity contribution in [1.82, 2.24) is 4.57 Å². The number of hydrogen-bond donors (Lipinski definition) is 1. The van der Waals surface area contributed by atoms with Gasteiger partial charge in [0.25, 0.3) is 0 Å². The number of nitrogen functional groups attached to an aromatic ring is 1. The average Bonchev–Trinajstić information content (AvgIpc) is 2.45. The van der Waals surface area contributed by atoms with Crippen molar-refractivity contribution >= 4 is 32.5 Å². The Morgan fingerprint density at radius 2 is 2.07 bits per heavy atom. The van der Waals surface area contributed by atoms with Crippen LogP contribution in [-0.4, -0.2) is 4.57 Å². The third kappa shape index (κ3) is 1.32. The molecule has 0 aliphatic carbocycles. The van der Waals surface area contributed by atoms with Crippen molar-refractivity contribution in [2.75, 3.05) is 5.73 Å². The number of fused-ring (bicyclic) bond motifs is 1. The summed E-state index contributed by atoms with van der Waals surface area (Å²) in [7, 11) is 2.09. The van der Waals surface area contributed by atoms with Crippen LogP contribution in [0.3, 0.4) is 0 Å². The van der Waals surface area contributed by atoms with Crippen LogP contribution in [0.5, 0.6) is 0 Å². The summed E-state index contributed by atoms with van der Waals surface area (Å²) in [6.45, 7) is 2.16. The summed E-state index contributed by atoms with van der Waals surface area (Å²) in [5.74, 6) is 0. The number of benzene rings is 1. The topological polar surface area (TPSA) is 30.9 Å². The van der Waals surface area contributed by atoms with E-state index in [1.165, 1.54) is 16.6 Å². The smallest absolute Gasteiger partial charge is 0.0492 e. The zero-order chi connectivity index (χ0) is 10.3. The summed E-state index contributed by atoms with van der Waals surface area (Å²) in [5, 5.41) is 1.21. The van der Waals surface area contributed by atoms with Gasteiger partial charge in [-0.1, -0.05) is 6.92 Å². The molecule has 0 aliphatic rings. The van der Waals surface area contributed by atoms with E-state index in [1.807, 2.05) is 6.07 Å². The van der Waals surface area contributed by atoms with Gasteiger partial charge in [-0.2, -0.15) is 0 Å². The summed E-state index contributed by atoms with van der Waals surface area (Å²) < 4.78 is 3.17. The molecule has 0 bridgehead atoms. The van der Waals surface area contributed by atoms with Gasteiger partial charge in [0.05, 0.1) is 0 Å². The van der Waals surface area contributed by atoms with Gasteiger partial charge in [0.1, 0.15) is 0 Å². The van der Waals surface area contributed by atoms with Crippen molar-refractivity contribution in [2.45, 2.75) is 13.3 Å². The first kappa shape index (κ1) is 9.59. The van der Waals surface area contributed by atoms with Gasteiger partial charge in [0.2, 0.25) is 0 Å². The van der Waals surface area contributed by atoms with Crippen LogP contribution < -0.4 is 5.73 Å². The van der Waals surface area contributed by atoms with Crippen LogP contribution in [0.1, 0.15) is 12.6 Å². The molecule has 0 saturated carbocycles. The van der Waals surface area contributed by atoms with Crippen LogP contribution in [0.15, 0.2) is 22.7 Å². The third-order valence-corrected chi connectivity index (χ3v) is 3.31. The Morgan fingerprint density at radius 3 is 2.71 bits per heavy atom. The number of rotatable bonds is 1. The maximum Gasteiger partial charge on any atom is 0.0492 e. The lowest BCUT2D eigenvalue weighted by molar-refractivity contribution is 0.865. The predicted octanol–water partition coefficient (Wildman–Crippen LogP) is 3.09. The lowest BCUT2D eigenvalue weighted by Crippen LogP contribution is -1.93. The first-order valence-corrected chi connectivity index (χ1v) is 5.46. The second-order valence-electron chi connectivity index (χ2n) is 3.48. The standard InChI is InChI=1S/C11H13BrN2/c1-3-8-4-7-5-10(13)9(12)6-11(7)14(8)2/h4-6H,3,13H2,1-2H3. The fourth-order valence-electron chi connectivity index (χ4n) is 1.77. The Kier molecular flexibility index (Phi) is 2.27. The van der Waals surface area contributed by atoms with Gasteiger partial charge in [-0.25, -0.2) is 0 Å². The molecule has 0 amide bonds. The van der Waals surface area contributed by atoms with Gasteiger partial charge in [-0.3, -0.25) is 0 Å². The molecule has 0 saturated heterocycles. The molecule has 0 aliphatic heterocycles. The second kappa shape index (κ2) is 3.31. The molecule has 0 atom stereocenters. The highest BCUT2D eigenvalue weighted by Gasteiger charge is 2.06. The number of nitrogens with zero attached hydrogens (tertiary/aromatic N) is 1. The Bertz CT molecular complexity index is 485. The molecule has 0 fully saturated rings. The highest BCUT2D eigenvalue weighted by molar-refractivity contribution is 9.10. The van der Waals surface area contributed by atoms with Gasteiger partial charge in [0, 0.05) is 33.8 Å². The molecule has 2 rings (SSSR count). The minimum atomic E-state index is 0.797. The Hall–Kier alpha value is -0.960. The lowest BCUT2D eigenvalue weighted by Gasteiger charge is -2.02. The van der Waals surface area contributed by atoms with Crippen molar-refractivity contribution in [3.05, 3.63) is 28.4 Å². The predicted molar refractivity (Wildman–Crippen MR) is 64.4 cm³/mol. The second-order valence-corrected chi connectivity index (χ2v) is 4.34. The van der Waals surface area contributed by atoms with E-state index in [4.69, 9.17) is 5.73 Å². The molecule has 1 aromatic heterocycles. The molecule has 1 aromatic carbocycles. The SMILES string of the molecule is CCc1cc2cc(N)c(Br)cc2n1C. The number of hydrogen-bond acceptors (Lipinski definition) is 1. The molecule has 0 spiro atoms. The summed E-state index contributed by atoms with van der Waals surface area (Å²) in [4.78, 5) is 0. The largest absolute Gasteiger partial charge is 0.398 e. The van der Waals surface area contributed by atoms with E-state index in [9.17, 15) is 0 Å². The summed E-state index contributed by atoms with van der Waals surface area (Å²) >= 11 is 3.44. The van der Waals surface area contributed by atoms with E-state index in [-0.39, 0.29) is 0 Å². The van der Waals surface area contributed by atoms with Crippen LogP contribution in [0.4, 0.5) is 5.69 Å². The first-order valence-electron chi connectivity index (χ1n) is 4.66. The zero-order valence-corrected chi connectivity index (χ0v) is 9.93. The third-order valence-electron chi connectivity index (χ3n) is 2.62. The van der Waals surface area contributed by atoms with Crippen molar-refractivity contribution in [3.8, 4) is 0 Å². The number of anilines is 1. The summed E-state index contributed by atoms with van der Waals surface area (Å²) in [5.41, 5.74) is 9.18. The van der Waals surface area contributed by atoms with Crippen molar-refractivity contribution < 1.29 is 0 Å². The maximum absolute atomic E-state index is 5.83. The van der Waals surface area contributed by atoms with Crippen molar-refractivity contribution in [2.24, 2.45) is 7.05 Å². The molecule has 14 heavy (non-hydrogen) atoms. The number of nitrogens with two attached hydrogens (primary N) is 1. The summed E-state index contributed by atoms with van der Waals surface area (Å²) in [6, 6.07) is 6.28. The van der Waals surface area contributed by atoms with E-state index in [1.54, 1.807) is 0 Å². The monoisotopic (exact) mass is 252 g/mol. The molecule has 74 valence electrons. The van der Waals surface area contributed by atoms with Crippen LogP contribution in [0.2, 0.25) is 0 Å². The lowest BCUT2D eigenvalue weighted by atomic mass is 10.2. The molecular formula is C11H13BrN2. The van der Waals surface area contributed by atoms with E-state index in [0.717, 1.165) is 16.6 Å². The van der Waals surface area contributed by atoms with Crippen LogP contribution in [0.25, 0.3) is 10.9 Å². The number of aryl methyl sites for hydroxylation is 2. The van der Waals surface area contributed by atoms with E-state index in [2.05, 4.69) is 46.6 Å². The zero-order valence-electron chi connectivity index (χ0n) is 8.34. The van der Waals surface area contributed by atoms with Gasteiger partial charge in [-0.15, -0.1) is 0 Å². The molecule has 2 aromatic rings. The van der Waals surface area contributed by atoms with Gasteiger partial charge in [-0.05, 0) is 40.5 Å². The minimum Gasteiger partial charge on any atom is -0.398 e. The normalized spacial score (nSPS) is 11.1. The number of aromatic nitrogens is 1. The molecule has 2 N–H and O–H groups in total. The fourth-order valence-corrected chi connectivity index (χ4v) is 2.10. The van der Waals surface area contributed by atoms with Crippen molar-refractivity contribution in [3.63, 3.8) is 0 Å². The van der Waals surface area contributed by atoms with E-state index in [0.29, 0.717) is 0 Å². The van der Waals surface area contributed by atoms with Crippen LogP contribution >= 0.6 is 15.9 Å². The molecule has 2 nitrogen and oxygen atoms in total. The average molecular weight is 253 g/mol. The molecule has 0 radical (unpaired) electrons. The van der Waals surface area contributed by atoms with Gasteiger partial charge in [0.15, 0.2) is 0 Å². The van der Waals surface area contributed by atoms with Gasteiger partial charge >= 0.3 is 0 Å². The number of halogens is 1. The van der Waals surface area contributed by atoms with Crippen LogP contribution in [0, 0.1) is 0 Å². The molecule has 0 unspecified atom stereocenters. The minimum absolute atomic E-state index is 0.797. The van der Waals surface area contributed by atoms with E-state index >= 15 is 0 Å². The highest BCUT2D eigenvalue weighted by atomic mass is 79.9.